The van der Waals surface area contributed by atoms with Gasteiger partial charge in [-0.15, -0.1) is 0 Å². The lowest BCUT2D eigenvalue weighted by Gasteiger charge is -2.13. The van der Waals surface area contributed by atoms with Crippen molar-refractivity contribution in [2.45, 2.75) is 12.8 Å². The Hall–Kier alpha value is -2.27. The van der Waals surface area contributed by atoms with E-state index in [0.717, 1.165) is 12.8 Å². The van der Waals surface area contributed by atoms with Gasteiger partial charge >= 0.3 is 0 Å². The fourth-order valence-electron chi connectivity index (χ4n) is 2.45. The summed E-state index contributed by atoms with van der Waals surface area (Å²) >= 11 is 0. The van der Waals surface area contributed by atoms with E-state index in [1.807, 2.05) is 0 Å². The summed E-state index contributed by atoms with van der Waals surface area (Å²) in [6.07, 6.45) is 1.74. The van der Waals surface area contributed by atoms with Crippen molar-refractivity contribution in [3.63, 3.8) is 0 Å². The number of hydrogen-bond acceptors (Lipinski definition) is 2. The molecule has 2 aromatic carbocycles. The Bertz CT molecular complexity index is 724. The zero-order chi connectivity index (χ0) is 16.4. The van der Waals surface area contributed by atoms with Crippen LogP contribution in [0.25, 0.3) is 11.1 Å². The molecular formula is C18H17F2NO2. The fraction of sp³-hybridized carbons (Fsp3) is 0.278. The summed E-state index contributed by atoms with van der Waals surface area (Å²) < 4.78 is 27.1. The topological polar surface area (TPSA) is 49.3 Å². The van der Waals surface area contributed by atoms with Gasteiger partial charge in [0, 0.05) is 12.0 Å². The van der Waals surface area contributed by atoms with Gasteiger partial charge in [0.2, 0.25) is 0 Å². The minimum absolute atomic E-state index is 0.0271. The lowest BCUT2D eigenvalue weighted by atomic mass is 10.0. The van der Waals surface area contributed by atoms with E-state index >= 15 is 0 Å². The molecule has 2 N–H and O–H groups in total. The standard InChI is InChI=1S/C18H17F2NO2/c19-14-4-1-12(2-5-14)13-3-6-15(16(20)9-13)17(23)21-10-18(11-22)7-8-18/h1-6,9,22H,7-8,10-11H2,(H,21,23). The number of amides is 1. The molecule has 1 amide bonds. The first-order valence-electron chi connectivity index (χ1n) is 7.48. The highest BCUT2D eigenvalue weighted by Gasteiger charge is 2.42. The van der Waals surface area contributed by atoms with Gasteiger partial charge in [-0.25, -0.2) is 8.78 Å². The normalized spacial score (nSPS) is 15.3. The average Bonchev–Trinajstić information content (AvgIpc) is 3.34. The predicted octanol–water partition coefficient (Wildman–Crippen LogP) is 3.13. The number of aliphatic hydroxyl groups is 1. The van der Waals surface area contributed by atoms with Crippen molar-refractivity contribution in [2.24, 2.45) is 5.41 Å². The monoisotopic (exact) mass is 317 g/mol. The molecule has 1 fully saturated rings. The van der Waals surface area contributed by atoms with Crippen LogP contribution in [0.4, 0.5) is 8.78 Å². The largest absolute Gasteiger partial charge is 0.396 e. The molecule has 0 saturated heterocycles. The zero-order valence-corrected chi connectivity index (χ0v) is 12.5. The summed E-state index contributed by atoms with van der Waals surface area (Å²) in [5, 5.41) is 11.9. The minimum atomic E-state index is -0.627. The van der Waals surface area contributed by atoms with E-state index < -0.39 is 11.7 Å². The summed E-state index contributed by atoms with van der Waals surface area (Å²) in [4.78, 5) is 12.1. The van der Waals surface area contributed by atoms with E-state index in [0.29, 0.717) is 17.7 Å². The number of halogens is 2. The van der Waals surface area contributed by atoms with Crippen molar-refractivity contribution < 1.29 is 18.7 Å². The van der Waals surface area contributed by atoms with Gasteiger partial charge in [-0.05, 0) is 48.2 Å². The molecule has 0 radical (unpaired) electrons. The Morgan fingerprint density at radius 3 is 2.30 bits per heavy atom. The molecule has 1 saturated carbocycles. The van der Waals surface area contributed by atoms with Gasteiger partial charge in [0.15, 0.2) is 0 Å². The van der Waals surface area contributed by atoms with Crippen LogP contribution in [0.15, 0.2) is 42.5 Å². The molecule has 0 spiro atoms. The summed E-state index contributed by atoms with van der Waals surface area (Å²) in [6, 6.07) is 10.0. The maximum atomic E-state index is 14.2. The molecule has 1 aliphatic carbocycles. The maximum Gasteiger partial charge on any atom is 0.254 e. The van der Waals surface area contributed by atoms with Gasteiger partial charge in [0.05, 0.1) is 12.2 Å². The van der Waals surface area contributed by atoms with Gasteiger partial charge in [-0.3, -0.25) is 4.79 Å². The molecule has 0 aliphatic heterocycles. The molecule has 5 heteroatoms. The molecule has 0 atom stereocenters. The van der Waals surface area contributed by atoms with Crippen LogP contribution >= 0.6 is 0 Å². The van der Waals surface area contributed by atoms with E-state index in [1.54, 1.807) is 18.2 Å². The molecule has 1 aliphatic rings. The highest BCUT2D eigenvalue weighted by molar-refractivity contribution is 5.95. The third kappa shape index (κ3) is 3.40. The van der Waals surface area contributed by atoms with Crippen molar-refractivity contribution >= 4 is 5.91 Å². The number of aliphatic hydroxyl groups excluding tert-OH is 1. The number of carbonyl (C=O) groups excluding carboxylic acids is 1. The van der Waals surface area contributed by atoms with Crippen molar-refractivity contribution in [3.05, 3.63) is 59.7 Å². The molecule has 2 aromatic rings. The van der Waals surface area contributed by atoms with Crippen molar-refractivity contribution in [3.8, 4) is 11.1 Å². The Labute approximate surface area is 133 Å². The Morgan fingerprint density at radius 1 is 1.09 bits per heavy atom. The lowest BCUT2D eigenvalue weighted by Crippen LogP contribution is -2.32. The smallest absolute Gasteiger partial charge is 0.254 e. The van der Waals surface area contributed by atoms with Crippen LogP contribution in [0.1, 0.15) is 23.2 Å². The minimum Gasteiger partial charge on any atom is -0.396 e. The molecule has 23 heavy (non-hydrogen) atoms. The van der Waals surface area contributed by atoms with Crippen LogP contribution in [0, 0.1) is 17.0 Å². The van der Waals surface area contributed by atoms with Gasteiger partial charge < -0.3 is 10.4 Å². The molecule has 3 nitrogen and oxygen atoms in total. The lowest BCUT2D eigenvalue weighted by molar-refractivity contribution is 0.0931. The predicted molar refractivity (Wildman–Crippen MR) is 82.9 cm³/mol. The second-order valence-corrected chi connectivity index (χ2v) is 6.04. The molecule has 3 rings (SSSR count). The van der Waals surface area contributed by atoms with Gasteiger partial charge in [0.25, 0.3) is 5.91 Å². The van der Waals surface area contributed by atoms with Crippen LogP contribution in [-0.4, -0.2) is 24.2 Å². The molecule has 0 bridgehead atoms. The summed E-state index contributed by atoms with van der Waals surface area (Å²) in [6.45, 7) is 0.376. The van der Waals surface area contributed by atoms with Crippen molar-refractivity contribution in [1.82, 2.24) is 5.32 Å². The molecule has 0 aromatic heterocycles. The SMILES string of the molecule is O=C(NCC1(CO)CC1)c1ccc(-c2ccc(F)cc2)cc1F. The molecule has 120 valence electrons. The maximum absolute atomic E-state index is 14.2. The van der Waals surface area contributed by atoms with Crippen LogP contribution in [-0.2, 0) is 0 Å². The third-order valence-corrected chi connectivity index (χ3v) is 4.31. The summed E-state index contributed by atoms with van der Waals surface area (Å²) in [5.74, 6) is -1.48. The molecule has 0 unspecified atom stereocenters. The van der Waals surface area contributed by atoms with Gasteiger partial charge in [-0.1, -0.05) is 18.2 Å². The second-order valence-electron chi connectivity index (χ2n) is 6.04. The van der Waals surface area contributed by atoms with Gasteiger partial charge in [-0.2, -0.15) is 0 Å². The van der Waals surface area contributed by atoms with E-state index in [2.05, 4.69) is 5.32 Å². The number of nitrogens with one attached hydrogen (secondary N) is 1. The quantitative estimate of drug-likeness (QED) is 0.890. The van der Waals surface area contributed by atoms with Crippen LogP contribution in [0.2, 0.25) is 0 Å². The second kappa shape index (κ2) is 6.08. The summed E-state index contributed by atoms with van der Waals surface area (Å²) in [5.41, 5.74) is 0.993. The first-order valence-corrected chi connectivity index (χ1v) is 7.48. The highest BCUT2D eigenvalue weighted by Crippen LogP contribution is 2.44. The Balaban J connectivity index is 1.73. The first kappa shape index (κ1) is 15.6. The molecule has 0 heterocycles. The number of carbonyl (C=O) groups is 1. The van der Waals surface area contributed by atoms with Crippen molar-refractivity contribution in [2.75, 3.05) is 13.2 Å². The average molecular weight is 317 g/mol. The van der Waals surface area contributed by atoms with Crippen LogP contribution in [0.3, 0.4) is 0 Å². The number of rotatable bonds is 5. The van der Waals surface area contributed by atoms with Crippen LogP contribution < -0.4 is 5.32 Å². The fourth-order valence-corrected chi connectivity index (χ4v) is 2.45. The third-order valence-electron chi connectivity index (χ3n) is 4.31. The Kier molecular flexibility index (Phi) is 4.13. The van der Waals surface area contributed by atoms with E-state index in [9.17, 15) is 18.7 Å². The van der Waals surface area contributed by atoms with Crippen LogP contribution in [0.5, 0.6) is 0 Å². The first-order chi connectivity index (χ1) is 11.0. The van der Waals surface area contributed by atoms with Crippen molar-refractivity contribution in [1.29, 1.82) is 0 Å². The van der Waals surface area contributed by atoms with E-state index in [-0.39, 0.29) is 23.4 Å². The van der Waals surface area contributed by atoms with E-state index in [1.165, 1.54) is 24.3 Å². The zero-order valence-electron chi connectivity index (χ0n) is 12.5. The highest BCUT2D eigenvalue weighted by atomic mass is 19.1. The Morgan fingerprint density at radius 2 is 1.74 bits per heavy atom. The van der Waals surface area contributed by atoms with Gasteiger partial charge in [0.1, 0.15) is 11.6 Å². The summed E-state index contributed by atoms with van der Waals surface area (Å²) in [7, 11) is 0. The number of hydrogen-bond donors (Lipinski definition) is 2. The molecular weight excluding hydrogens is 300 g/mol. The van der Waals surface area contributed by atoms with E-state index in [4.69, 9.17) is 0 Å². The number of benzene rings is 2.